The van der Waals surface area contributed by atoms with Gasteiger partial charge in [-0.2, -0.15) is 0 Å². The highest BCUT2D eigenvalue weighted by Gasteiger charge is 2.26. The van der Waals surface area contributed by atoms with Gasteiger partial charge in [-0.05, 0) is 55.3 Å². The molecule has 38 heavy (non-hydrogen) atoms. The molecule has 4 amide bonds. The van der Waals surface area contributed by atoms with Gasteiger partial charge in [0.2, 0.25) is 11.8 Å². The van der Waals surface area contributed by atoms with Crippen molar-refractivity contribution in [2.45, 2.75) is 19.8 Å². The standard InChI is InChI=1S/C29H32N4O5/c1-3-38-28(36)18-17-22-11-10-16-25(19-22)33(29(30)37)21-27(35)32(24-14-8-5-9-15-24)20-26(34)31(2)23-12-6-4-7-13-23/h4-16,19H,3,17-18,20-21H2,1-2H3,(H2,30,37). The average molecular weight is 517 g/mol. The van der Waals surface area contributed by atoms with Crippen LogP contribution in [0, 0.1) is 0 Å². The number of hydrogen-bond donors (Lipinski definition) is 1. The lowest BCUT2D eigenvalue weighted by atomic mass is 10.1. The fraction of sp³-hybridized carbons (Fsp3) is 0.241. The summed E-state index contributed by atoms with van der Waals surface area (Å²) in [6.45, 7) is 1.43. The van der Waals surface area contributed by atoms with E-state index in [1.807, 2.05) is 30.3 Å². The van der Waals surface area contributed by atoms with E-state index >= 15 is 0 Å². The van der Waals surface area contributed by atoms with Gasteiger partial charge in [0.25, 0.3) is 0 Å². The molecule has 198 valence electrons. The first-order valence-corrected chi connectivity index (χ1v) is 12.3. The molecule has 0 unspecified atom stereocenters. The second-order valence-corrected chi connectivity index (χ2v) is 8.50. The SMILES string of the molecule is CCOC(=O)CCc1cccc(N(CC(=O)N(CC(=O)N(C)c2ccccc2)c2ccccc2)C(N)=O)c1. The molecule has 0 atom stereocenters. The normalized spacial score (nSPS) is 10.4. The molecular weight excluding hydrogens is 484 g/mol. The average Bonchev–Trinajstić information content (AvgIpc) is 2.94. The first-order valence-electron chi connectivity index (χ1n) is 12.3. The number of aryl methyl sites for hydroxylation is 1. The summed E-state index contributed by atoms with van der Waals surface area (Å²) in [5.74, 6) is -1.11. The van der Waals surface area contributed by atoms with Crippen molar-refractivity contribution in [3.63, 3.8) is 0 Å². The number of anilines is 3. The fourth-order valence-corrected chi connectivity index (χ4v) is 3.84. The molecule has 0 saturated carbocycles. The van der Waals surface area contributed by atoms with Crippen molar-refractivity contribution in [1.82, 2.24) is 0 Å². The summed E-state index contributed by atoms with van der Waals surface area (Å²) in [5, 5.41) is 0. The Hall–Kier alpha value is -4.66. The molecule has 0 radical (unpaired) electrons. The molecule has 0 aliphatic rings. The number of carbonyl (C=O) groups excluding carboxylic acids is 4. The summed E-state index contributed by atoms with van der Waals surface area (Å²) in [7, 11) is 1.64. The number of nitrogens with two attached hydrogens (primary N) is 1. The number of likely N-dealkylation sites (N-methyl/N-ethyl adjacent to an activating group) is 1. The molecule has 3 aromatic carbocycles. The minimum Gasteiger partial charge on any atom is -0.466 e. The monoisotopic (exact) mass is 516 g/mol. The molecule has 9 heteroatoms. The van der Waals surface area contributed by atoms with E-state index in [4.69, 9.17) is 10.5 Å². The third-order valence-corrected chi connectivity index (χ3v) is 5.88. The van der Waals surface area contributed by atoms with E-state index in [9.17, 15) is 19.2 Å². The van der Waals surface area contributed by atoms with Gasteiger partial charge in [-0.3, -0.25) is 19.3 Å². The fourth-order valence-electron chi connectivity index (χ4n) is 3.84. The van der Waals surface area contributed by atoms with Crippen LogP contribution < -0.4 is 20.4 Å². The van der Waals surface area contributed by atoms with Crippen LogP contribution in [-0.4, -0.2) is 50.6 Å². The van der Waals surface area contributed by atoms with Crippen LogP contribution in [0.5, 0.6) is 0 Å². The van der Waals surface area contributed by atoms with Crippen molar-refractivity contribution in [3.8, 4) is 0 Å². The Morgan fingerprint density at radius 3 is 1.92 bits per heavy atom. The lowest BCUT2D eigenvalue weighted by molar-refractivity contribution is -0.143. The van der Waals surface area contributed by atoms with Crippen molar-refractivity contribution in [2.75, 3.05) is 41.4 Å². The van der Waals surface area contributed by atoms with Crippen LogP contribution >= 0.6 is 0 Å². The highest BCUT2D eigenvalue weighted by atomic mass is 16.5. The molecule has 0 saturated heterocycles. The Morgan fingerprint density at radius 1 is 0.737 bits per heavy atom. The number of amides is 4. The van der Waals surface area contributed by atoms with Crippen LogP contribution in [0.25, 0.3) is 0 Å². The van der Waals surface area contributed by atoms with Crippen LogP contribution in [0.4, 0.5) is 21.9 Å². The predicted octanol–water partition coefficient (Wildman–Crippen LogP) is 3.76. The predicted molar refractivity (Wildman–Crippen MR) is 147 cm³/mol. The number of urea groups is 1. The largest absolute Gasteiger partial charge is 0.466 e. The number of hydrogen-bond acceptors (Lipinski definition) is 5. The zero-order valence-corrected chi connectivity index (χ0v) is 21.6. The van der Waals surface area contributed by atoms with Crippen LogP contribution in [0.2, 0.25) is 0 Å². The number of primary amides is 1. The molecule has 2 N–H and O–H groups in total. The third kappa shape index (κ3) is 7.67. The highest BCUT2D eigenvalue weighted by Crippen LogP contribution is 2.20. The van der Waals surface area contributed by atoms with E-state index in [1.165, 1.54) is 9.80 Å². The van der Waals surface area contributed by atoms with Crippen LogP contribution in [0.1, 0.15) is 18.9 Å². The Bertz CT molecular complexity index is 1250. The maximum absolute atomic E-state index is 13.5. The van der Waals surface area contributed by atoms with E-state index < -0.39 is 11.9 Å². The lowest BCUT2D eigenvalue weighted by Crippen LogP contribution is -2.48. The molecule has 3 aromatic rings. The van der Waals surface area contributed by atoms with Crippen molar-refractivity contribution in [1.29, 1.82) is 0 Å². The Labute approximate surface area is 222 Å². The molecule has 0 bridgehead atoms. The van der Waals surface area contributed by atoms with Crippen molar-refractivity contribution < 1.29 is 23.9 Å². The third-order valence-electron chi connectivity index (χ3n) is 5.88. The number of benzene rings is 3. The molecular formula is C29H32N4O5. The second kappa shape index (κ2) is 13.6. The van der Waals surface area contributed by atoms with Crippen molar-refractivity contribution >= 4 is 40.9 Å². The minimum atomic E-state index is -0.818. The lowest BCUT2D eigenvalue weighted by Gasteiger charge is -2.28. The molecule has 0 heterocycles. The number of nitrogens with zero attached hydrogens (tertiary/aromatic N) is 3. The van der Waals surface area contributed by atoms with Crippen LogP contribution in [-0.2, 0) is 25.5 Å². The molecule has 0 aromatic heterocycles. The van der Waals surface area contributed by atoms with Gasteiger partial charge < -0.3 is 20.3 Å². The second-order valence-electron chi connectivity index (χ2n) is 8.50. The zero-order chi connectivity index (χ0) is 27.5. The molecule has 0 aliphatic heterocycles. The molecule has 0 spiro atoms. The maximum atomic E-state index is 13.5. The first-order chi connectivity index (χ1) is 18.3. The van der Waals surface area contributed by atoms with Gasteiger partial charge in [0.15, 0.2) is 0 Å². The smallest absolute Gasteiger partial charge is 0.319 e. The van der Waals surface area contributed by atoms with Crippen molar-refractivity contribution in [2.24, 2.45) is 5.73 Å². The first kappa shape index (κ1) is 27.9. The number of carbonyl (C=O) groups is 4. The van der Waals surface area contributed by atoms with Gasteiger partial charge in [-0.15, -0.1) is 0 Å². The van der Waals surface area contributed by atoms with E-state index in [2.05, 4.69) is 0 Å². The van der Waals surface area contributed by atoms with Crippen molar-refractivity contribution in [3.05, 3.63) is 90.5 Å². The Kier molecular flexibility index (Phi) is 9.99. The maximum Gasteiger partial charge on any atom is 0.319 e. The summed E-state index contributed by atoms with van der Waals surface area (Å²) in [4.78, 5) is 54.8. The summed E-state index contributed by atoms with van der Waals surface area (Å²) in [5.41, 5.74) is 8.06. The molecule has 3 rings (SSSR count). The summed E-state index contributed by atoms with van der Waals surface area (Å²) in [6.07, 6.45) is 0.593. The summed E-state index contributed by atoms with van der Waals surface area (Å²) < 4.78 is 4.97. The van der Waals surface area contributed by atoms with Gasteiger partial charge in [0.05, 0.1) is 6.61 Å². The number of rotatable bonds is 11. The topological polar surface area (TPSA) is 113 Å². The van der Waals surface area contributed by atoms with E-state index in [0.717, 1.165) is 10.5 Å². The highest BCUT2D eigenvalue weighted by molar-refractivity contribution is 6.07. The van der Waals surface area contributed by atoms with Gasteiger partial charge >= 0.3 is 12.0 Å². The van der Waals surface area contributed by atoms with Crippen LogP contribution in [0.15, 0.2) is 84.9 Å². The van der Waals surface area contributed by atoms with Crippen LogP contribution in [0.3, 0.4) is 0 Å². The zero-order valence-electron chi connectivity index (χ0n) is 21.6. The Balaban J connectivity index is 1.81. The summed E-state index contributed by atoms with van der Waals surface area (Å²) >= 11 is 0. The molecule has 9 nitrogen and oxygen atoms in total. The van der Waals surface area contributed by atoms with Gasteiger partial charge in [0, 0.05) is 30.5 Å². The van der Waals surface area contributed by atoms with E-state index in [0.29, 0.717) is 30.1 Å². The Morgan fingerprint density at radius 2 is 1.32 bits per heavy atom. The number of esters is 1. The van der Waals surface area contributed by atoms with Gasteiger partial charge in [0.1, 0.15) is 13.1 Å². The minimum absolute atomic E-state index is 0.186. The van der Waals surface area contributed by atoms with Gasteiger partial charge in [-0.1, -0.05) is 48.5 Å². The van der Waals surface area contributed by atoms with Gasteiger partial charge in [-0.25, -0.2) is 4.79 Å². The summed E-state index contributed by atoms with van der Waals surface area (Å²) in [6, 6.07) is 24.0. The molecule has 0 fully saturated rings. The van der Waals surface area contributed by atoms with E-state index in [-0.39, 0.29) is 31.4 Å². The molecule has 0 aliphatic carbocycles. The number of ether oxygens (including phenoxy) is 1. The van der Waals surface area contributed by atoms with E-state index in [1.54, 1.807) is 68.6 Å². The quantitative estimate of drug-likeness (QED) is 0.390. The number of para-hydroxylation sites is 2.